The number of amides is 1. The molecule has 27 heavy (non-hydrogen) atoms. The van der Waals surface area contributed by atoms with Crippen LogP contribution in [-0.4, -0.2) is 38.2 Å². The molecule has 5 fully saturated rings. The molecule has 6 rings (SSSR count). The van der Waals surface area contributed by atoms with Crippen molar-refractivity contribution in [3.63, 3.8) is 0 Å². The maximum atomic E-state index is 13.7. The molecule has 4 bridgehead atoms. The highest BCUT2D eigenvalue weighted by Gasteiger charge is 2.63. The lowest BCUT2D eigenvalue weighted by atomic mass is 9.52. The van der Waals surface area contributed by atoms with Gasteiger partial charge in [-0.15, -0.1) is 0 Å². The summed E-state index contributed by atoms with van der Waals surface area (Å²) in [5.74, 6) is 1.11. The largest absolute Gasteiger partial charge is 0.390 e. The molecule has 146 valence electrons. The van der Waals surface area contributed by atoms with Crippen molar-refractivity contribution >= 4 is 17.5 Å². The lowest BCUT2D eigenvalue weighted by Gasteiger charge is -2.66. The van der Waals surface area contributed by atoms with Crippen LogP contribution in [-0.2, 0) is 11.3 Å². The Labute approximate surface area is 164 Å². The summed E-state index contributed by atoms with van der Waals surface area (Å²) in [6.07, 6.45) is 4.71. The average molecular weight is 393 g/mol. The molecule has 1 N–H and O–H groups in total. The molecule has 5 aliphatic rings. The minimum atomic E-state index is -0.624. The van der Waals surface area contributed by atoms with Crippen molar-refractivity contribution in [2.75, 3.05) is 0 Å². The van der Waals surface area contributed by atoms with Crippen molar-refractivity contribution in [1.82, 2.24) is 10.0 Å². The summed E-state index contributed by atoms with van der Waals surface area (Å²) in [6.45, 7) is 4.25. The van der Waals surface area contributed by atoms with Gasteiger partial charge in [0.1, 0.15) is 11.4 Å². The van der Waals surface area contributed by atoms with E-state index in [9.17, 15) is 14.3 Å². The second-order valence-electron chi connectivity index (χ2n) is 9.69. The Hall–Kier alpha value is -1.17. The molecule has 0 spiro atoms. The van der Waals surface area contributed by atoms with E-state index in [0.29, 0.717) is 34.9 Å². The van der Waals surface area contributed by atoms with Gasteiger partial charge in [0, 0.05) is 11.6 Å². The van der Waals surface area contributed by atoms with Crippen molar-refractivity contribution in [3.05, 3.63) is 34.6 Å². The van der Waals surface area contributed by atoms with Gasteiger partial charge in [0.05, 0.1) is 11.6 Å². The van der Waals surface area contributed by atoms with Gasteiger partial charge in [-0.2, -0.15) is 5.01 Å². The molecule has 1 saturated heterocycles. The Morgan fingerprint density at radius 2 is 1.89 bits per heavy atom. The number of carbonyl (C=O) groups excluding carboxylic acids is 1. The van der Waals surface area contributed by atoms with E-state index in [1.807, 2.05) is 18.9 Å². The summed E-state index contributed by atoms with van der Waals surface area (Å²) in [5.41, 5.74) is -0.446. The molecule has 1 heterocycles. The Balaban J connectivity index is 1.45. The molecule has 4 aliphatic carbocycles. The third-order valence-electron chi connectivity index (χ3n) is 7.44. The van der Waals surface area contributed by atoms with E-state index in [2.05, 4.69) is 5.01 Å². The van der Waals surface area contributed by atoms with Crippen LogP contribution in [0.4, 0.5) is 4.39 Å². The summed E-state index contributed by atoms with van der Waals surface area (Å²) < 4.78 is 13.7. The molecule has 1 aromatic carbocycles. The number of carbonyl (C=O) groups is 1. The SMILES string of the molecule is CC1(C)C(=O)N(C2C3CC4CC2CC(O)(C4)C3)N1Cc1cc(F)ccc1Cl. The first-order valence-electron chi connectivity index (χ1n) is 9.95. The molecule has 2 atom stereocenters. The Morgan fingerprint density at radius 3 is 2.52 bits per heavy atom. The van der Waals surface area contributed by atoms with Gasteiger partial charge in [-0.3, -0.25) is 9.80 Å². The molecule has 4 nitrogen and oxygen atoms in total. The normalized spacial score (nSPS) is 39.7. The molecule has 1 aromatic rings. The van der Waals surface area contributed by atoms with E-state index in [4.69, 9.17) is 11.6 Å². The number of hydrazine groups is 1. The quantitative estimate of drug-likeness (QED) is 0.851. The molecule has 0 aromatic heterocycles. The fourth-order valence-electron chi connectivity index (χ4n) is 6.47. The van der Waals surface area contributed by atoms with Crippen molar-refractivity contribution in [2.24, 2.45) is 17.8 Å². The third kappa shape index (κ3) is 2.58. The molecular formula is C21H26ClFN2O2. The summed E-state index contributed by atoms with van der Waals surface area (Å²) in [5, 5.41) is 15.4. The van der Waals surface area contributed by atoms with Crippen LogP contribution in [0.2, 0.25) is 5.02 Å². The molecule has 1 aliphatic heterocycles. The number of benzene rings is 1. The van der Waals surface area contributed by atoms with Gasteiger partial charge in [0.15, 0.2) is 0 Å². The highest BCUT2D eigenvalue weighted by molar-refractivity contribution is 6.31. The van der Waals surface area contributed by atoms with Gasteiger partial charge in [0.2, 0.25) is 0 Å². The number of rotatable bonds is 3. The van der Waals surface area contributed by atoms with E-state index in [1.165, 1.54) is 12.1 Å². The molecule has 2 unspecified atom stereocenters. The van der Waals surface area contributed by atoms with Gasteiger partial charge in [-0.05, 0) is 87.5 Å². The Morgan fingerprint density at radius 1 is 1.22 bits per heavy atom. The van der Waals surface area contributed by atoms with E-state index in [-0.39, 0.29) is 17.8 Å². The number of hydrogen-bond donors (Lipinski definition) is 1. The first kappa shape index (κ1) is 17.9. The summed E-state index contributed by atoms with van der Waals surface area (Å²) >= 11 is 6.29. The number of aliphatic hydroxyl groups is 1. The van der Waals surface area contributed by atoms with Crippen LogP contribution in [0.3, 0.4) is 0 Å². The van der Waals surface area contributed by atoms with Gasteiger partial charge in [-0.25, -0.2) is 4.39 Å². The van der Waals surface area contributed by atoms with Gasteiger partial charge in [-0.1, -0.05) is 11.6 Å². The van der Waals surface area contributed by atoms with Crippen LogP contribution in [0.25, 0.3) is 0 Å². The van der Waals surface area contributed by atoms with Crippen LogP contribution in [0.5, 0.6) is 0 Å². The standard InChI is InChI=1S/C21H26ClFN2O2/c1-20(2)19(26)25(24(20)11-15-7-16(23)3-4-17(15)22)18-13-5-12-6-14(18)10-21(27,8-12)9-13/h3-4,7,12-14,18,27H,5-6,8-11H2,1-2H3. The second kappa shape index (κ2) is 5.68. The zero-order valence-electron chi connectivity index (χ0n) is 15.8. The monoisotopic (exact) mass is 392 g/mol. The molecule has 1 amide bonds. The predicted octanol–water partition coefficient (Wildman–Crippen LogP) is 3.76. The molecular weight excluding hydrogens is 367 g/mol. The van der Waals surface area contributed by atoms with E-state index < -0.39 is 11.1 Å². The van der Waals surface area contributed by atoms with Crippen LogP contribution in [0, 0.1) is 23.6 Å². The maximum Gasteiger partial charge on any atom is 0.258 e. The number of nitrogens with zero attached hydrogens (tertiary/aromatic N) is 2. The van der Waals surface area contributed by atoms with E-state index in [1.54, 1.807) is 6.07 Å². The first-order valence-corrected chi connectivity index (χ1v) is 10.3. The zero-order valence-corrected chi connectivity index (χ0v) is 16.5. The van der Waals surface area contributed by atoms with Crippen LogP contribution >= 0.6 is 11.6 Å². The van der Waals surface area contributed by atoms with Crippen LogP contribution < -0.4 is 0 Å². The Kier molecular flexibility index (Phi) is 3.76. The van der Waals surface area contributed by atoms with E-state index in [0.717, 1.165) is 32.1 Å². The van der Waals surface area contributed by atoms with Crippen molar-refractivity contribution in [3.8, 4) is 0 Å². The Bertz CT molecular complexity index is 797. The van der Waals surface area contributed by atoms with Gasteiger partial charge >= 0.3 is 0 Å². The van der Waals surface area contributed by atoms with Crippen molar-refractivity contribution in [1.29, 1.82) is 0 Å². The summed E-state index contributed by atoms with van der Waals surface area (Å²) in [6, 6.07) is 4.53. The third-order valence-corrected chi connectivity index (χ3v) is 7.81. The second-order valence-corrected chi connectivity index (χ2v) is 10.1. The number of hydrogen-bond acceptors (Lipinski definition) is 3. The fourth-order valence-corrected chi connectivity index (χ4v) is 6.65. The number of halogens is 2. The van der Waals surface area contributed by atoms with Crippen LogP contribution in [0.15, 0.2) is 18.2 Å². The molecule has 6 heteroatoms. The van der Waals surface area contributed by atoms with Gasteiger partial charge < -0.3 is 5.11 Å². The maximum absolute atomic E-state index is 13.7. The average Bonchev–Trinajstić information content (AvgIpc) is 2.57. The van der Waals surface area contributed by atoms with Gasteiger partial charge in [0.25, 0.3) is 5.91 Å². The van der Waals surface area contributed by atoms with Crippen molar-refractivity contribution < 1.29 is 14.3 Å². The highest BCUT2D eigenvalue weighted by atomic mass is 35.5. The highest BCUT2D eigenvalue weighted by Crippen LogP contribution is 2.58. The lowest BCUT2D eigenvalue weighted by Crippen LogP contribution is -2.79. The first-order chi connectivity index (χ1) is 12.7. The van der Waals surface area contributed by atoms with E-state index >= 15 is 0 Å². The zero-order chi connectivity index (χ0) is 19.1. The smallest absolute Gasteiger partial charge is 0.258 e. The fraction of sp³-hybridized carbons (Fsp3) is 0.667. The summed E-state index contributed by atoms with van der Waals surface area (Å²) in [4.78, 5) is 13.1. The van der Waals surface area contributed by atoms with Crippen LogP contribution in [0.1, 0.15) is 51.5 Å². The summed E-state index contributed by atoms with van der Waals surface area (Å²) in [7, 11) is 0. The topological polar surface area (TPSA) is 43.8 Å². The van der Waals surface area contributed by atoms with Crippen molar-refractivity contribution in [2.45, 2.75) is 69.7 Å². The molecule has 0 radical (unpaired) electrons. The molecule has 4 saturated carbocycles. The lowest BCUT2D eigenvalue weighted by molar-refractivity contribution is -0.262. The predicted molar refractivity (Wildman–Crippen MR) is 100 cm³/mol. The minimum Gasteiger partial charge on any atom is -0.390 e. The minimum absolute atomic E-state index is 0.125.